The van der Waals surface area contributed by atoms with Crippen LogP contribution in [0, 0.1) is 43.9 Å². The van der Waals surface area contributed by atoms with Crippen LogP contribution in [-0.2, 0) is 3.79 Å². The fraction of sp³-hybridized carbons (Fsp3) is 0.294. The monoisotopic (exact) mass is 370 g/mol. The molecule has 0 amide bonds. The van der Waals surface area contributed by atoms with Crippen LogP contribution in [0.25, 0.3) is 11.1 Å². The summed E-state index contributed by atoms with van der Waals surface area (Å²) in [7, 11) is 0. The predicted octanol–water partition coefficient (Wildman–Crippen LogP) is 6.12. The molecule has 0 heterocycles. The van der Waals surface area contributed by atoms with Gasteiger partial charge < -0.3 is 0 Å². The van der Waals surface area contributed by atoms with Gasteiger partial charge in [-0.2, -0.15) is 0 Å². The van der Waals surface area contributed by atoms with Crippen LogP contribution in [0.4, 0.5) is 5.69 Å². The maximum absolute atomic E-state index is 11.5. The molecule has 6 heteroatoms. The summed E-state index contributed by atoms with van der Waals surface area (Å²) < 4.78 is -1.53. The van der Waals surface area contributed by atoms with Crippen LogP contribution in [0.2, 0.25) is 0 Å². The second-order valence-corrected chi connectivity index (χ2v) is 7.86. The molecule has 0 aromatic heterocycles. The van der Waals surface area contributed by atoms with E-state index in [9.17, 15) is 10.1 Å². The van der Waals surface area contributed by atoms with Gasteiger partial charge in [-0.05, 0) is 61.6 Å². The van der Waals surface area contributed by atoms with Crippen LogP contribution in [0.3, 0.4) is 0 Å². The summed E-state index contributed by atoms with van der Waals surface area (Å²) in [6.07, 6.45) is 0. The predicted molar refractivity (Wildman–Crippen MR) is 95.6 cm³/mol. The lowest BCUT2D eigenvalue weighted by atomic mass is 9.89. The molecule has 0 N–H and O–H groups in total. The van der Waals surface area contributed by atoms with Gasteiger partial charge in [-0.1, -0.05) is 46.9 Å². The molecule has 0 saturated carbocycles. The Kier molecular flexibility index (Phi) is 4.95. The smallest absolute Gasteiger partial charge is 0.258 e. The molecule has 121 valence electrons. The number of nitro benzene ring substituents is 1. The summed E-state index contributed by atoms with van der Waals surface area (Å²) in [5.74, 6) is 0. The largest absolute Gasteiger partial charge is 0.277 e. The van der Waals surface area contributed by atoms with Crippen molar-refractivity contribution in [3.8, 4) is 11.1 Å². The first-order chi connectivity index (χ1) is 10.5. The Morgan fingerprint density at radius 2 is 1.52 bits per heavy atom. The average molecular weight is 372 g/mol. The number of nitro groups is 1. The molecule has 0 aliphatic carbocycles. The Morgan fingerprint density at radius 1 is 1.00 bits per heavy atom. The van der Waals surface area contributed by atoms with Gasteiger partial charge in [0.15, 0.2) is 0 Å². The Labute approximate surface area is 150 Å². The molecule has 0 aliphatic heterocycles. The summed E-state index contributed by atoms with van der Waals surface area (Å²) in [6, 6.07) is 8.18. The summed E-state index contributed by atoms with van der Waals surface area (Å²) in [5, 5.41) is 11.5. The lowest BCUT2D eigenvalue weighted by Gasteiger charge is -2.18. The Bertz CT molecular complexity index is 772. The van der Waals surface area contributed by atoms with Crippen LogP contribution in [0.5, 0.6) is 0 Å². The SMILES string of the molecule is Cc1[c]c(C)c(-c2c(C)cc(C(Cl)(Cl)Cl)cc2C)c([N+](=O)[O-])c1. The third-order valence-electron chi connectivity index (χ3n) is 3.68. The maximum atomic E-state index is 11.5. The quantitative estimate of drug-likeness (QED) is 0.362. The van der Waals surface area contributed by atoms with Crippen molar-refractivity contribution >= 4 is 40.5 Å². The van der Waals surface area contributed by atoms with E-state index in [1.165, 1.54) is 6.07 Å². The minimum Gasteiger partial charge on any atom is -0.258 e. The molecule has 2 aromatic carbocycles. The van der Waals surface area contributed by atoms with Crippen molar-refractivity contribution in [2.24, 2.45) is 0 Å². The first-order valence-electron chi connectivity index (χ1n) is 6.89. The Hall–Kier alpha value is -1.29. The number of alkyl halides is 3. The molecule has 2 rings (SSSR count). The molecule has 0 aliphatic rings. The Morgan fingerprint density at radius 3 is 1.96 bits per heavy atom. The molecule has 3 nitrogen and oxygen atoms in total. The molecule has 0 bridgehead atoms. The van der Waals surface area contributed by atoms with E-state index in [0.717, 1.165) is 27.8 Å². The minimum atomic E-state index is -1.53. The van der Waals surface area contributed by atoms with Crippen molar-refractivity contribution in [1.29, 1.82) is 0 Å². The fourth-order valence-corrected chi connectivity index (χ4v) is 3.17. The number of hydrogen-bond donors (Lipinski definition) is 0. The standard InChI is InChI=1S/C17H15Cl3NO2/c1-9-5-10(2)16(14(6-9)21(22)23)15-11(3)7-13(8-12(15)4)17(18,19)20/h6-8H,1-4H3. The number of aryl methyl sites for hydroxylation is 4. The van der Waals surface area contributed by atoms with E-state index in [1.807, 2.05) is 20.8 Å². The highest BCUT2D eigenvalue weighted by Crippen LogP contribution is 2.43. The summed E-state index contributed by atoms with van der Waals surface area (Å²) in [4.78, 5) is 11.1. The van der Waals surface area contributed by atoms with Crippen molar-refractivity contribution in [3.05, 3.63) is 62.2 Å². The van der Waals surface area contributed by atoms with Crippen molar-refractivity contribution in [3.63, 3.8) is 0 Å². The summed E-state index contributed by atoms with van der Waals surface area (Å²) >= 11 is 17.9. The molecule has 23 heavy (non-hydrogen) atoms. The van der Waals surface area contributed by atoms with E-state index in [-0.39, 0.29) is 10.6 Å². The van der Waals surface area contributed by atoms with Crippen LogP contribution in [0.1, 0.15) is 27.8 Å². The van der Waals surface area contributed by atoms with Gasteiger partial charge in [0.05, 0.1) is 10.5 Å². The second kappa shape index (κ2) is 6.31. The molecule has 0 atom stereocenters. The van der Waals surface area contributed by atoms with E-state index in [0.29, 0.717) is 11.1 Å². The van der Waals surface area contributed by atoms with Gasteiger partial charge in [0.1, 0.15) is 0 Å². The van der Waals surface area contributed by atoms with E-state index >= 15 is 0 Å². The zero-order chi connectivity index (χ0) is 17.5. The Balaban J connectivity index is 2.81. The van der Waals surface area contributed by atoms with Crippen molar-refractivity contribution in [2.75, 3.05) is 0 Å². The molecular weight excluding hydrogens is 357 g/mol. The van der Waals surface area contributed by atoms with Crippen LogP contribution in [0.15, 0.2) is 18.2 Å². The van der Waals surface area contributed by atoms with Crippen LogP contribution >= 0.6 is 34.8 Å². The highest BCUT2D eigenvalue weighted by atomic mass is 35.6. The highest BCUT2D eigenvalue weighted by Gasteiger charge is 2.27. The molecular formula is C17H15Cl3NO2. The minimum absolute atomic E-state index is 0.0617. The molecule has 1 radical (unpaired) electrons. The average Bonchev–Trinajstić information content (AvgIpc) is 2.38. The maximum Gasteiger partial charge on any atom is 0.277 e. The third kappa shape index (κ3) is 3.63. The lowest BCUT2D eigenvalue weighted by Crippen LogP contribution is -2.04. The van der Waals surface area contributed by atoms with Gasteiger partial charge in [0, 0.05) is 11.6 Å². The fourth-order valence-electron chi connectivity index (χ4n) is 2.84. The number of nitrogens with zero attached hydrogens (tertiary/aromatic N) is 1. The molecule has 0 unspecified atom stereocenters. The normalized spacial score (nSPS) is 11.6. The lowest BCUT2D eigenvalue weighted by molar-refractivity contribution is -0.384. The van der Waals surface area contributed by atoms with E-state index < -0.39 is 3.79 Å². The molecule has 0 fully saturated rings. The first kappa shape index (κ1) is 18.1. The van der Waals surface area contributed by atoms with Gasteiger partial charge in [0.25, 0.3) is 5.69 Å². The van der Waals surface area contributed by atoms with Gasteiger partial charge in [-0.3, -0.25) is 10.1 Å². The topological polar surface area (TPSA) is 43.1 Å². The zero-order valence-corrected chi connectivity index (χ0v) is 15.4. The molecule has 0 saturated heterocycles. The van der Waals surface area contributed by atoms with Gasteiger partial charge in [-0.15, -0.1) is 0 Å². The summed E-state index contributed by atoms with van der Waals surface area (Å²) in [6.45, 7) is 7.31. The number of hydrogen-bond acceptors (Lipinski definition) is 2. The van der Waals surface area contributed by atoms with E-state index in [2.05, 4.69) is 6.07 Å². The van der Waals surface area contributed by atoms with Crippen molar-refractivity contribution in [1.82, 2.24) is 0 Å². The van der Waals surface area contributed by atoms with Gasteiger partial charge in [-0.25, -0.2) is 0 Å². The van der Waals surface area contributed by atoms with E-state index in [1.54, 1.807) is 19.1 Å². The molecule has 2 aromatic rings. The first-order valence-corrected chi connectivity index (χ1v) is 8.02. The van der Waals surface area contributed by atoms with Crippen molar-refractivity contribution in [2.45, 2.75) is 31.5 Å². The van der Waals surface area contributed by atoms with Gasteiger partial charge >= 0.3 is 0 Å². The van der Waals surface area contributed by atoms with Crippen LogP contribution < -0.4 is 0 Å². The number of halogens is 3. The summed E-state index contributed by atoms with van der Waals surface area (Å²) in [5.41, 5.74) is 5.03. The number of rotatable bonds is 2. The van der Waals surface area contributed by atoms with Gasteiger partial charge in [0.2, 0.25) is 3.79 Å². The molecule has 0 spiro atoms. The van der Waals surface area contributed by atoms with E-state index in [4.69, 9.17) is 34.8 Å². The highest BCUT2D eigenvalue weighted by molar-refractivity contribution is 6.66. The van der Waals surface area contributed by atoms with Crippen LogP contribution in [-0.4, -0.2) is 4.92 Å². The van der Waals surface area contributed by atoms with Crippen molar-refractivity contribution < 1.29 is 4.92 Å². The number of benzene rings is 2. The zero-order valence-electron chi connectivity index (χ0n) is 13.1. The second-order valence-electron chi connectivity index (χ2n) is 5.58. The third-order valence-corrected chi connectivity index (χ3v) is 4.33.